The van der Waals surface area contributed by atoms with Crippen LogP contribution in [0.4, 0.5) is 0 Å². The monoisotopic (exact) mass is 390 g/mol. The van der Waals surface area contributed by atoms with Crippen molar-refractivity contribution in [3.8, 4) is 12.1 Å². The third kappa shape index (κ3) is 2.50. The zero-order valence-electron chi connectivity index (χ0n) is 13.8. The van der Waals surface area contributed by atoms with Gasteiger partial charge in [-0.05, 0) is 23.8 Å². The van der Waals surface area contributed by atoms with Gasteiger partial charge in [-0.2, -0.15) is 10.5 Å². The lowest BCUT2D eigenvalue weighted by molar-refractivity contribution is 0.0841. The zero-order chi connectivity index (χ0) is 19.1. The number of halogens is 1. The largest absolute Gasteiger partial charge is 0.384 e. The summed E-state index contributed by atoms with van der Waals surface area (Å²) < 4.78 is 0. The summed E-state index contributed by atoms with van der Waals surface area (Å²) >= 11 is 7.64. The molecular weight excluding hydrogens is 380 g/mol. The van der Waals surface area contributed by atoms with Crippen molar-refractivity contribution in [1.82, 2.24) is 4.90 Å². The number of amides is 1. The second-order valence-electron chi connectivity index (χ2n) is 5.93. The van der Waals surface area contributed by atoms with Crippen LogP contribution < -0.4 is 5.73 Å². The van der Waals surface area contributed by atoms with Gasteiger partial charge in [0.25, 0.3) is 5.91 Å². The molecule has 2 N–H and O–H groups in total. The van der Waals surface area contributed by atoms with Gasteiger partial charge in [-0.3, -0.25) is 9.69 Å². The van der Waals surface area contributed by atoms with E-state index in [2.05, 4.69) is 12.1 Å². The highest BCUT2D eigenvalue weighted by Gasteiger charge is 2.42. The Balaban J connectivity index is 2.01. The van der Waals surface area contributed by atoms with Gasteiger partial charge < -0.3 is 5.73 Å². The van der Waals surface area contributed by atoms with E-state index in [1.807, 2.05) is 12.1 Å². The fourth-order valence-electron chi connectivity index (χ4n) is 3.28. The minimum absolute atomic E-state index is 0.0309. The van der Waals surface area contributed by atoms with Crippen molar-refractivity contribution in [1.29, 1.82) is 10.5 Å². The van der Waals surface area contributed by atoms with E-state index in [1.165, 1.54) is 16.7 Å². The van der Waals surface area contributed by atoms with Crippen LogP contribution in [0.3, 0.4) is 0 Å². The highest BCUT2D eigenvalue weighted by atomic mass is 35.5. The van der Waals surface area contributed by atoms with Gasteiger partial charge in [0.05, 0.1) is 34.8 Å². The van der Waals surface area contributed by atoms with Crippen LogP contribution in [0.5, 0.6) is 0 Å². The SMILES string of the molecule is N#CC1=C(N)N2C(=O)c3ccccc3SC2=C(C#N)C1c1ccccc1Cl. The summed E-state index contributed by atoms with van der Waals surface area (Å²) in [5.74, 6) is -1.04. The van der Waals surface area contributed by atoms with E-state index in [1.54, 1.807) is 36.4 Å². The maximum Gasteiger partial charge on any atom is 0.265 e. The van der Waals surface area contributed by atoms with Crippen LogP contribution in [0, 0.1) is 22.7 Å². The van der Waals surface area contributed by atoms with Crippen molar-refractivity contribution in [2.24, 2.45) is 5.73 Å². The molecule has 5 nitrogen and oxygen atoms in total. The van der Waals surface area contributed by atoms with Crippen molar-refractivity contribution in [3.05, 3.63) is 86.7 Å². The second-order valence-corrected chi connectivity index (χ2v) is 7.37. The lowest BCUT2D eigenvalue weighted by atomic mass is 9.83. The van der Waals surface area contributed by atoms with E-state index < -0.39 is 5.92 Å². The second kappa shape index (κ2) is 6.51. The summed E-state index contributed by atoms with van der Waals surface area (Å²) in [5.41, 5.74) is 7.76. The molecule has 0 saturated carbocycles. The lowest BCUT2D eigenvalue weighted by Gasteiger charge is -2.37. The first-order chi connectivity index (χ1) is 13.1. The third-order valence-electron chi connectivity index (χ3n) is 4.51. The van der Waals surface area contributed by atoms with Gasteiger partial charge in [-0.25, -0.2) is 0 Å². The molecule has 0 radical (unpaired) electrons. The lowest BCUT2D eigenvalue weighted by Crippen LogP contribution is -2.40. The van der Waals surface area contributed by atoms with Gasteiger partial charge in [0.15, 0.2) is 0 Å². The number of hydrogen-bond donors (Lipinski definition) is 1. The van der Waals surface area contributed by atoms with Crippen LogP contribution in [0.2, 0.25) is 5.02 Å². The van der Waals surface area contributed by atoms with Gasteiger partial charge in [0.2, 0.25) is 0 Å². The Morgan fingerprint density at radius 2 is 1.70 bits per heavy atom. The van der Waals surface area contributed by atoms with Crippen LogP contribution in [-0.2, 0) is 0 Å². The minimum Gasteiger partial charge on any atom is -0.384 e. The van der Waals surface area contributed by atoms with Gasteiger partial charge in [0, 0.05) is 9.92 Å². The van der Waals surface area contributed by atoms with Gasteiger partial charge in [-0.1, -0.05) is 53.7 Å². The van der Waals surface area contributed by atoms with E-state index >= 15 is 0 Å². The molecular formula is C20H11ClN4OS. The van der Waals surface area contributed by atoms with Gasteiger partial charge in [-0.15, -0.1) is 0 Å². The molecule has 2 aromatic rings. The molecule has 130 valence electrons. The predicted octanol–water partition coefficient (Wildman–Crippen LogP) is 4.11. The predicted molar refractivity (Wildman–Crippen MR) is 102 cm³/mol. The molecule has 2 heterocycles. The number of benzene rings is 2. The summed E-state index contributed by atoms with van der Waals surface area (Å²) in [7, 11) is 0. The first-order valence-corrected chi connectivity index (χ1v) is 9.17. The summed E-state index contributed by atoms with van der Waals surface area (Å²) in [6.07, 6.45) is 0. The number of thioether (sulfide) groups is 1. The Hall–Kier alpha value is -3.19. The number of carbonyl (C=O) groups is 1. The summed E-state index contributed by atoms with van der Waals surface area (Å²) in [6.45, 7) is 0. The fraction of sp³-hybridized carbons (Fsp3) is 0.0500. The summed E-state index contributed by atoms with van der Waals surface area (Å²) in [4.78, 5) is 15.0. The molecule has 0 saturated heterocycles. The average molecular weight is 391 g/mol. The highest BCUT2D eigenvalue weighted by Crippen LogP contribution is 2.50. The Labute approximate surface area is 164 Å². The van der Waals surface area contributed by atoms with Crippen molar-refractivity contribution in [2.75, 3.05) is 0 Å². The van der Waals surface area contributed by atoms with E-state index in [-0.39, 0.29) is 22.9 Å². The molecule has 0 bridgehead atoms. The molecule has 0 spiro atoms. The molecule has 2 aliphatic heterocycles. The molecule has 1 unspecified atom stereocenters. The standard InChI is InChI=1S/C20H11ClN4OS/c21-15-7-3-1-5-11(15)17-13(9-22)18(24)25-19(26)12-6-2-4-8-16(12)27-20(25)14(17)10-23/h1-8,17H,24H2. The number of nitrogens with zero attached hydrogens (tertiary/aromatic N) is 3. The molecule has 4 rings (SSSR count). The van der Waals surface area contributed by atoms with Crippen LogP contribution in [0.15, 0.2) is 75.4 Å². The Morgan fingerprint density at radius 3 is 2.41 bits per heavy atom. The van der Waals surface area contributed by atoms with E-state index in [9.17, 15) is 15.3 Å². The normalized spacial score (nSPS) is 18.6. The molecule has 0 aliphatic carbocycles. The maximum atomic E-state index is 13.0. The van der Waals surface area contributed by atoms with E-state index in [0.717, 1.165) is 4.90 Å². The van der Waals surface area contributed by atoms with Crippen LogP contribution in [-0.4, -0.2) is 10.8 Å². The molecule has 0 fully saturated rings. The smallest absolute Gasteiger partial charge is 0.265 e. The highest BCUT2D eigenvalue weighted by molar-refractivity contribution is 8.03. The van der Waals surface area contributed by atoms with Crippen molar-refractivity contribution < 1.29 is 4.79 Å². The Bertz CT molecular complexity index is 1140. The molecule has 2 aliphatic rings. The zero-order valence-corrected chi connectivity index (χ0v) is 15.4. The van der Waals surface area contributed by atoms with Crippen molar-refractivity contribution in [3.63, 3.8) is 0 Å². The number of allylic oxidation sites excluding steroid dienone is 2. The van der Waals surface area contributed by atoms with Crippen LogP contribution >= 0.6 is 23.4 Å². The maximum absolute atomic E-state index is 13.0. The van der Waals surface area contributed by atoms with Crippen molar-refractivity contribution in [2.45, 2.75) is 10.8 Å². The number of nitriles is 2. The Morgan fingerprint density at radius 1 is 1.04 bits per heavy atom. The van der Waals surface area contributed by atoms with E-state index in [0.29, 0.717) is 21.2 Å². The topological polar surface area (TPSA) is 93.9 Å². The third-order valence-corrected chi connectivity index (χ3v) is 6.03. The van der Waals surface area contributed by atoms with Crippen LogP contribution in [0.1, 0.15) is 21.8 Å². The van der Waals surface area contributed by atoms with Crippen molar-refractivity contribution >= 4 is 29.3 Å². The minimum atomic E-state index is -0.717. The average Bonchev–Trinajstić information content (AvgIpc) is 2.68. The summed E-state index contributed by atoms with van der Waals surface area (Å²) in [5, 5.41) is 20.5. The molecule has 27 heavy (non-hydrogen) atoms. The Kier molecular flexibility index (Phi) is 4.16. The first-order valence-electron chi connectivity index (χ1n) is 7.98. The number of rotatable bonds is 1. The molecule has 1 amide bonds. The molecule has 0 aromatic heterocycles. The summed E-state index contributed by atoms with van der Waals surface area (Å²) in [6, 6.07) is 18.4. The fourth-order valence-corrected chi connectivity index (χ4v) is 4.69. The number of nitrogens with two attached hydrogens (primary N) is 1. The first kappa shape index (κ1) is 17.2. The van der Waals surface area contributed by atoms with Crippen LogP contribution in [0.25, 0.3) is 0 Å². The number of fused-ring (bicyclic) bond motifs is 2. The van der Waals surface area contributed by atoms with Gasteiger partial charge >= 0.3 is 0 Å². The molecule has 2 aromatic carbocycles. The van der Waals surface area contributed by atoms with Gasteiger partial charge in [0.1, 0.15) is 10.9 Å². The number of hydrogen-bond acceptors (Lipinski definition) is 5. The molecule has 1 atom stereocenters. The number of carbonyl (C=O) groups excluding carboxylic acids is 1. The molecule has 7 heteroatoms. The quantitative estimate of drug-likeness (QED) is 0.790. The van der Waals surface area contributed by atoms with E-state index in [4.69, 9.17) is 17.3 Å².